The van der Waals surface area contributed by atoms with Crippen molar-refractivity contribution in [2.75, 3.05) is 14.2 Å². The van der Waals surface area contributed by atoms with Gasteiger partial charge in [0.1, 0.15) is 11.5 Å². The molecule has 0 spiro atoms. The van der Waals surface area contributed by atoms with Gasteiger partial charge >= 0.3 is 17.1 Å². The predicted molar refractivity (Wildman–Crippen MR) is 121 cm³/mol. The van der Waals surface area contributed by atoms with Crippen molar-refractivity contribution >= 4 is 21.8 Å². The molecule has 0 N–H and O–H groups in total. The quantitative estimate of drug-likeness (QED) is 0.247. The SMILES string of the molecule is COc1ccc(-c2ccc3ccc4ccc(-c5ccc(OC)cc5)nc4c3n2)cc1.[Cl-].[Cl-].[Cu+2]. The number of pyridine rings is 2. The van der Waals surface area contributed by atoms with Crippen molar-refractivity contribution in [3.8, 4) is 34.0 Å². The first-order valence-corrected chi connectivity index (χ1v) is 9.74. The zero-order valence-electron chi connectivity index (χ0n) is 17.9. The Hall–Kier alpha value is -2.82. The molecule has 2 aromatic heterocycles. The molecule has 0 unspecified atom stereocenters. The summed E-state index contributed by atoms with van der Waals surface area (Å²) in [6, 6.07) is 28.4. The second kappa shape index (κ2) is 11.4. The van der Waals surface area contributed by atoms with Gasteiger partial charge in [-0.25, -0.2) is 9.97 Å². The molecular weight excluding hydrogens is 507 g/mol. The maximum atomic E-state index is 5.26. The van der Waals surface area contributed by atoms with Gasteiger partial charge < -0.3 is 34.3 Å². The maximum absolute atomic E-state index is 5.26. The van der Waals surface area contributed by atoms with E-state index in [1.165, 1.54) is 0 Å². The van der Waals surface area contributed by atoms with E-state index in [9.17, 15) is 0 Å². The van der Waals surface area contributed by atoms with Gasteiger partial charge in [0.05, 0.1) is 36.6 Å². The van der Waals surface area contributed by atoms with E-state index in [-0.39, 0.29) is 41.9 Å². The Labute approximate surface area is 215 Å². The van der Waals surface area contributed by atoms with Gasteiger partial charge in [0.2, 0.25) is 0 Å². The van der Waals surface area contributed by atoms with Crippen molar-refractivity contribution in [1.29, 1.82) is 0 Å². The molecule has 5 rings (SSSR count). The molecule has 0 bridgehead atoms. The van der Waals surface area contributed by atoms with E-state index < -0.39 is 0 Å². The third-order valence-electron chi connectivity index (χ3n) is 5.29. The number of ether oxygens (including phenoxy) is 2. The smallest absolute Gasteiger partial charge is 1.00 e. The molecule has 0 amide bonds. The fourth-order valence-electron chi connectivity index (χ4n) is 3.61. The van der Waals surface area contributed by atoms with Gasteiger partial charge in [-0.1, -0.05) is 24.3 Å². The van der Waals surface area contributed by atoms with Crippen molar-refractivity contribution in [1.82, 2.24) is 9.97 Å². The van der Waals surface area contributed by atoms with E-state index in [0.717, 1.165) is 55.8 Å². The van der Waals surface area contributed by atoms with Gasteiger partial charge in [0.25, 0.3) is 0 Å². The van der Waals surface area contributed by atoms with E-state index in [1.54, 1.807) is 14.2 Å². The largest absolute Gasteiger partial charge is 2.00 e. The fraction of sp³-hybridized carbons (Fsp3) is 0.0769. The zero-order chi connectivity index (χ0) is 20.5. The van der Waals surface area contributed by atoms with Gasteiger partial charge in [0, 0.05) is 21.9 Å². The first-order chi connectivity index (χ1) is 14.7. The molecule has 33 heavy (non-hydrogen) atoms. The Balaban J connectivity index is 0.00000128. The topological polar surface area (TPSA) is 44.2 Å². The summed E-state index contributed by atoms with van der Waals surface area (Å²) in [5.74, 6) is 1.66. The molecule has 0 saturated carbocycles. The van der Waals surface area contributed by atoms with Gasteiger partial charge in [-0.3, -0.25) is 0 Å². The summed E-state index contributed by atoms with van der Waals surface area (Å²) in [4.78, 5) is 9.94. The third-order valence-corrected chi connectivity index (χ3v) is 5.29. The number of hydrogen-bond acceptors (Lipinski definition) is 4. The van der Waals surface area contributed by atoms with E-state index in [2.05, 4.69) is 24.3 Å². The number of hydrogen-bond donors (Lipinski definition) is 0. The molecule has 1 radical (unpaired) electrons. The van der Waals surface area contributed by atoms with Gasteiger partial charge in [-0.15, -0.1) is 0 Å². The first-order valence-electron chi connectivity index (χ1n) is 9.74. The van der Waals surface area contributed by atoms with E-state index in [4.69, 9.17) is 19.4 Å². The minimum absolute atomic E-state index is 0. The van der Waals surface area contributed by atoms with E-state index in [0.29, 0.717) is 0 Å². The van der Waals surface area contributed by atoms with Crippen LogP contribution in [0.25, 0.3) is 44.3 Å². The maximum Gasteiger partial charge on any atom is 2.00 e. The molecule has 0 aliphatic rings. The summed E-state index contributed by atoms with van der Waals surface area (Å²) in [5.41, 5.74) is 5.71. The van der Waals surface area contributed by atoms with Crippen LogP contribution in [0.5, 0.6) is 11.5 Å². The average Bonchev–Trinajstić information content (AvgIpc) is 2.83. The minimum Gasteiger partial charge on any atom is -1.00 e. The molecule has 2 heterocycles. The molecule has 0 atom stereocenters. The molecule has 0 fully saturated rings. The molecule has 171 valence electrons. The second-order valence-electron chi connectivity index (χ2n) is 7.06. The summed E-state index contributed by atoms with van der Waals surface area (Å²) in [5, 5.41) is 2.14. The van der Waals surface area contributed by atoms with Crippen molar-refractivity contribution in [2.24, 2.45) is 0 Å². The summed E-state index contributed by atoms with van der Waals surface area (Å²) < 4.78 is 10.5. The number of halogens is 2. The first kappa shape index (κ1) is 26.4. The Kier molecular flexibility index (Phi) is 9.09. The normalized spacial score (nSPS) is 10.0. The van der Waals surface area contributed by atoms with Crippen LogP contribution in [0.15, 0.2) is 84.9 Å². The zero-order valence-corrected chi connectivity index (χ0v) is 20.3. The van der Waals surface area contributed by atoms with Crippen LogP contribution in [0.3, 0.4) is 0 Å². The Bertz CT molecular complexity index is 1260. The van der Waals surface area contributed by atoms with Crippen LogP contribution in [0, 0.1) is 0 Å². The van der Waals surface area contributed by atoms with E-state index in [1.807, 2.05) is 60.7 Å². The van der Waals surface area contributed by atoms with Crippen molar-refractivity contribution in [2.45, 2.75) is 0 Å². The third kappa shape index (κ3) is 5.23. The summed E-state index contributed by atoms with van der Waals surface area (Å²) in [6.45, 7) is 0. The van der Waals surface area contributed by atoms with Crippen molar-refractivity contribution in [3.05, 3.63) is 84.9 Å². The summed E-state index contributed by atoms with van der Waals surface area (Å²) >= 11 is 0. The molecule has 7 heteroatoms. The van der Waals surface area contributed by atoms with E-state index >= 15 is 0 Å². The number of rotatable bonds is 4. The van der Waals surface area contributed by atoms with Crippen LogP contribution in [-0.2, 0) is 17.1 Å². The number of benzene rings is 3. The van der Waals surface area contributed by atoms with Crippen LogP contribution in [0.2, 0.25) is 0 Å². The molecular formula is C26H20Cl2CuN2O2. The molecule has 3 aromatic carbocycles. The van der Waals surface area contributed by atoms with Crippen LogP contribution in [0.4, 0.5) is 0 Å². The number of nitrogens with zero attached hydrogens (tertiary/aromatic N) is 2. The standard InChI is InChI=1S/C26H20N2O2.2ClH.Cu/c1-29-21-11-5-17(6-12-21)23-15-9-19-3-4-20-10-16-24(28-26(20)25(19)27-23)18-7-13-22(30-2)14-8-18;;;/h3-16H,1-2H3;2*1H;/q;;;+2/p-2. The Morgan fingerprint density at radius 2 is 0.818 bits per heavy atom. The Morgan fingerprint density at radius 3 is 1.15 bits per heavy atom. The minimum atomic E-state index is 0. The van der Waals surface area contributed by atoms with Crippen LogP contribution in [-0.4, -0.2) is 24.2 Å². The fourth-order valence-corrected chi connectivity index (χ4v) is 3.61. The van der Waals surface area contributed by atoms with Crippen molar-refractivity contribution < 1.29 is 51.4 Å². The number of methoxy groups -OCH3 is 2. The van der Waals surface area contributed by atoms with Crippen molar-refractivity contribution in [3.63, 3.8) is 0 Å². The van der Waals surface area contributed by atoms with Crippen LogP contribution in [0.1, 0.15) is 0 Å². The van der Waals surface area contributed by atoms with Crippen LogP contribution < -0.4 is 34.3 Å². The monoisotopic (exact) mass is 525 g/mol. The second-order valence-corrected chi connectivity index (χ2v) is 7.06. The molecule has 4 nitrogen and oxygen atoms in total. The summed E-state index contributed by atoms with van der Waals surface area (Å²) in [6.07, 6.45) is 0. The molecule has 5 aromatic rings. The Morgan fingerprint density at radius 1 is 0.485 bits per heavy atom. The molecule has 0 aliphatic heterocycles. The number of aromatic nitrogens is 2. The predicted octanol–water partition coefficient (Wildman–Crippen LogP) is 0.140. The van der Waals surface area contributed by atoms with Crippen LogP contribution >= 0.6 is 0 Å². The summed E-state index contributed by atoms with van der Waals surface area (Å²) in [7, 11) is 3.34. The average molecular weight is 527 g/mol. The molecule has 0 aliphatic carbocycles. The molecule has 0 saturated heterocycles. The van der Waals surface area contributed by atoms with Gasteiger partial charge in [-0.2, -0.15) is 0 Å². The van der Waals surface area contributed by atoms with Gasteiger partial charge in [-0.05, 0) is 60.7 Å². The number of fused-ring (bicyclic) bond motifs is 3. The van der Waals surface area contributed by atoms with Gasteiger partial charge in [0.15, 0.2) is 0 Å².